The molecule has 8 rings (SSSR count). The normalized spacial score (nSPS) is 13.9. The molecule has 17 heteroatoms. The molecule has 2 fully saturated rings. The maximum Gasteiger partial charge on any atom is 0.387 e. The second-order valence-corrected chi connectivity index (χ2v) is 15.9. The van der Waals surface area contributed by atoms with Crippen LogP contribution in [0.15, 0.2) is 73.3 Å². The number of halogens is 5. The number of Topliss-reactive ketones (excluding diaryl/α,β-unsaturated/α-hetero) is 2. The fourth-order valence-corrected chi connectivity index (χ4v) is 6.87. The zero-order valence-corrected chi connectivity index (χ0v) is 34.7. The van der Waals surface area contributed by atoms with Crippen molar-refractivity contribution in [2.24, 2.45) is 11.8 Å². The minimum atomic E-state index is -3.09. The van der Waals surface area contributed by atoms with Crippen LogP contribution in [0.4, 0.5) is 22.0 Å². The Morgan fingerprint density at radius 3 is 1.61 bits per heavy atom. The lowest BCUT2D eigenvalue weighted by Crippen LogP contribution is -2.42. The van der Waals surface area contributed by atoms with E-state index in [2.05, 4.69) is 20.0 Å². The largest absolute Gasteiger partial charge is 0.496 e. The Labute approximate surface area is 353 Å². The highest BCUT2D eigenvalue weighted by atomic mass is 19.3. The van der Waals surface area contributed by atoms with Crippen molar-refractivity contribution in [1.29, 1.82) is 0 Å². The molecule has 4 heterocycles. The van der Waals surface area contributed by atoms with E-state index in [1.807, 2.05) is 31.4 Å². The number of fused-ring (bicyclic) bond motifs is 2. The van der Waals surface area contributed by atoms with Crippen LogP contribution >= 0.6 is 0 Å². The predicted octanol–water partition coefficient (Wildman–Crippen LogP) is 9.70. The number of likely N-dealkylation sites (N-methyl/N-ethyl adjacent to an activating group) is 1. The molecular formula is C45H46F5N5O7. The molecule has 0 bridgehead atoms. The van der Waals surface area contributed by atoms with Gasteiger partial charge in [-0.2, -0.15) is 17.6 Å². The highest BCUT2D eigenvalue weighted by Crippen LogP contribution is 2.42. The first-order chi connectivity index (χ1) is 29.7. The molecule has 0 spiro atoms. The number of ketones is 2. The molecule has 12 nitrogen and oxygen atoms in total. The van der Waals surface area contributed by atoms with Gasteiger partial charge in [-0.3, -0.25) is 18.4 Å². The summed E-state index contributed by atoms with van der Waals surface area (Å²) in [5.74, 6) is 0.159. The molecule has 62 heavy (non-hydrogen) atoms. The zero-order chi connectivity index (χ0) is 44.3. The van der Waals surface area contributed by atoms with Crippen molar-refractivity contribution in [1.82, 2.24) is 24.1 Å². The molecule has 2 aliphatic rings. The van der Waals surface area contributed by atoms with Crippen molar-refractivity contribution in [2.45, 2.75) is 71.1 Å². The van der Waals surface area contributed by atoms with Crippen molar-refractivity contribution < 1.29 is 55.2 Å². The van der Waals surface area contributed by atoms with E-state index >= 15 is 0 Å². The third kappa shape index (κ3) is 10.3. The van der Waals surface area contributed by atoms with Crippen molar-refractivity contribution in [3.8, 4) is 51.3 Å². The van der Waals surface area contributed by atoms with Gasteiger partial charge in [0.25, 0.3) is 0 Å². The van der Waals surface area contributed by atoms with Crippen LogP contribution < -0.4 is 29.0 Å². The molecule has 328 valence electrons. The zero-order valence-electron chi connectivity index (χ0n) is 34.7. The van der Waals surface area contributed by atoms with Gasteiger partial charge in [-0.05, 0) is 94.8 Å². The first-order valence-electron chi connectivity index (χ1n) is 20.0. The van der Waals surface area contributed by atoms with Gasteiger partial charge in [0, 0.05) is 54.0 Å². The van der Waals surface area contributed by atoms with E-state index in [4.69, 9.17) is 18.9 Å². The highest BCUT2D eigenvalue weighted by molar-refractivity contribution is 6.03. The van der Waals surface area contributed by atoms with Gasteiger partial charge in [-0.1, -0.05) is 0 Å². The van der Waals surface area contributed by atoms with E-state index in [1.165, 1.54) is 50.9 Å². The first-order valence-corrected chi connectivity index (χ1v) is 20.0. The molecule has 0 aliphatic heterocycles. The number of rotatable bonds is 18. The fraction of sp³-hybridized carbons (Fsp3) is 0.378. The van der Waals surface area contributed by atoms with Gasteiger partial charge in [0.1, 0.15) is 63.6 Å². The summed E-state index contributed by atoms with van der Waals surface area (Å²) in [5, 5.41) is 3.18. The lowest BCUT2D eigenvalue weighted by Gasteiger charge is -2.24. The van der Waals surface area contributed by atoms with Crippen LogP contribution in [0.25, 0.3) is 33.8 Å². The van der Waals surface area contributed by atoms with Crippen LogP contribution in [0, 0.1) is 17.7 Å². The number of methoxy groups -OCH3 is 2. The number of nitrogens with one attached hydrogen (secondary N) is 1. The summed E-state index contributed by atoms with van der Waals surface area (Å²) >= 11 is 0. The summed E-state index contributed by atoms with van der Waals surface area (Å²) in [4.78, 5) is 34.1. The number of benzene rings is 2. The quantitative estimate of drug-likeness (QED) is 0.0659. The van der Waals surface area contributed by atoms with E-state index < -0.39 is 19.0 Å². The Morgan fingerprint density at radius 2 is 1.18 bits per heavy atom. The molecule has 4 aromatic heterocycles. The van der Waals surface area contributed by atoms with E-state index in [1.54, 1.807) is 35.0 Å². The third-order valence-electron chi connectivity index (χ3n) is 10.7. The SMILES string of the molecule is CNC(C)(C)COc1ccn2c(-c3cc(OC)c(C(=O)CC4CC4)c(OC(F)F)c3)cnc2c1.COc1cc(-c2cnc3cc(F)ccn23)cc(OC(F)F)c1C(=O)CC1CC1. The Hall–Kier alpha value is -6.23. The summed E-state index contributed by atoms with van der Waals surface area (Å²) in [7, 11) is 4.64. The Kier molecular flexibility index (Phi) is 13.0. The molecule has 2 saturated carbocycles. The maximum atomic E-state index is 13.4. The number of carbonyl (C=O) groups excluding carboxylic acids is 2. The van der Waals surface area contributed by atoms with Crippen LogP contribution in [-0.2, 0) is 0 Å². The van der Waals surface area contributed by atoms with E-state index in [9.17, 15) is 31.5 Å². The predicted molar refractivity (Wildman–Crippen MR) is 220 cm³/mol. The number of aromatic nitrogens is 4. The van der Waals surface area contributed by atoms with Gasteiger partial charge in [0.15, 0.2) is 11.6 Å². The molecule has 0 amide bonds. The lowest BCUT2D eigenvalue weighted by molar-refractivity contribution is -0.0509. The molecule has 6 aromatic rings. The first kappa shape index (κ1) is 43.8. The van der Waals surface area contributed by atoms with E-state index in [0.717, 1.165) is 25.7 Å². The van der Waals surface area contributed by atoms with Gasteiger partial charge in [0.2, 0.25) is 0 Å². The Balaban J connectivity index is 0.000000190. The number of pyridine rings is 2. The smallest absolute Gasteiger partial charge is 0.387 e. The fourth-order valence-electron chi connectivity index (χ4n) is 6.87. The molecule has 0 unspecified atom stereocenters. The van der Waals surface area contributed by atoms with Gasteiger partial charge >= 0.3 is 13.2 Å². The average molecular weight is 864 g/mol. The van der Waals surface area contributed by atoms with Crippen LogP contribution in [-0.4, -0.2) is 77.0 Å². The van der Waals surface area contributed by atoms with Crippen molar-refractivity contribution in [3.05, 3.63) is 90.3 Å². The average Bonchev–Trinajstić information content (AvgIpc) is 4.15. The number of ether oxygens (including phenoxy) is 5. The number of carbonyl (C=O) groups is 2. The number of hydrogen-bond acceptors (Lipinski definition) is 10. The standard InChI is InChI=1S/C25H29F2N3O4.C20H17F3N2O3/c1-25(2,28-3)14-33-17-7-8-30-18(13-29-22(30)12-17)16-10-20(32-4)23(19(31)9-15-5-6-15)21(11-16)34-24(26)27;1-27-16-7-12(14-10-24-18-9-13(21)4-5-25(14)18)8-17(28-20(22)23)19(16)15(26)6-11-2-3-11/h7-8,10-13,15,24,28H,5-6,9,14H2,1-4H3;4-5,7-11,20H,2-3,6H2,1H3. The van der Waals surface area contributed by atoms with Crippen molar-refractivity contribution in [2.75, 3.05) is 27.9 Å². The van der Waals surface area contributed by atoms with Gasteiger partial charge in [-0.25, -0.2) is 14.4 Å². The molecule has 2 aromatic carbocycles. The van der Waals surface area contributed by atoms with E-state index in [0.29, 0.717) is 52.1 Å². The van der Waals surface area contributed by atoms with Gasteiger partial charge < -0.3 is 29.0 Å². The van der Waals surface area contributed by atoms with Gasteiger partial charge in [0.05, 0.1) is 38.0 Å². The minimum absolute atomic E-state index is 0.0123. The summed E-state index contributed by atoms with van der Waals surface area (Å²) in [6.45, 7) is -1.63. The maximum absolute atomic E-state index is 13.4. The van der Waals surface area contributed by atoms with Crippen LogP contribution in [0.5, 0.6) is 28.7 Å². The summed E-state index contributed by atoms with van der Waals surface area (Å²) in [5.41, 5.74) is 3.00. The minimum Gasteiger partial charge on any atom is -0.496 e. The monoisotopic (exact) mass is 863 g/mol. The van der Waals surface area contributed by atoms with Crippen molar-refractivity contribution in [3.63, 3.8) is 0 Å². The third-order valence-corrected chi connectivity index (χ3v) is 10.7. The molecule has 0 atom stereocenters. The lowest BCUT2D eigenvalue weighted by atomic mass is 10.00. The summed E-state index contributed by atoms with van der Waals surface area (Å²) < 4.78 is 95.4. The number of alkyl halides is 4. The summed E-state index contributed by atoms with van der Waals surface area (Å²) in [6.07, 6.45) is 10.8. The number of imidazole rings is 2. The van der Waals surface area contributed by atoms with Crippen LogP contribution in [0.3, 0.4) is 0 Å². The second kappa shape index (κ2) is 18.4. The molecular weight excluding hydrogens is 818 g/mol. The molecule has 1 N–H and O–H groups in total. The molecule has 2 aliphatic carbocycles. The Bertz CT molecular complexity index is 2590. The van der Waals surface area contributed by atoms with Crippen molar-refractivity contribution >= 4 is 22.9 Å². The highest BCUT2D eigenvalue weighted by Gasteiger charge is 2.31. The molecule has 0 saturated heterocycles. The topological polar surface area (TPSA) is 127 Å². The molecule has 0 radical (unpaired) electrons. The van der Waals surface area contributed by atoms with Gasteiger partial charge in [-0.15, -0.1) is 0 Å². The summed E-state index contributed by atoms with van der Waals surface area (Å²) in [6, 6.07) is 12.2. The van der Waals surface area contributed by atoms with Crippen LogP contribution in [0.1, 0.15) is 73.1 Å². The number of nitrogens with zero attached hydrogens (tertiary/aromatic N) is 4. The number of hydrogen-bond donors (Lipinski definition) is 1. The second-order valence-electron chi connectivity index (χ2n) is 15.9. The van der Waals surface area contributed by atoms with E-state index in [-0.39, 0.29) is 70.0 Å². The van der Waals surface area contributed by atoms with Crippen LogP contribution in [0.2, 0.25) is 0 Å². The Morgan fingerprint density at radius 1 is 0.726 bits per heavy atom.